The van der Waals surface area contributed by atoms with Gasteiger partial charge in [0.15, 0.2) is 5.11 Å². The Morgan fingerprint density at radius 2 is 1.71 bits per heavy atom. The normalized spacial score (nSPS) is 15.5. The van der Waals surface area contributed by atoms with Gasteiger partial charge in [0.25, 0.3) is 11.6 Å². The molecule has 2 N–H and O–H groups in total. The van der Waals surface area contributed by atoms with E-state index in [-0.39, 0.29) is 23.0 Å². The Bertz CT molecular complexity index is 1210. The van der Waals surface area contributed by atoms with Crippen molar-refractivity contribution in [1.82, 2.24) is 5.32 Å². The lowest BCUT2D eigenvalue weighted by Gasteiger charge is -2.31. The van der Waals surface area contributed by atoms with Gasteiger partial charge in [-0.1, -0.05) is 0 Å². The monoisotopic (exact) mass is 541 g/mol. The second-order valence-corrected chi connectivity index (χ2v) is 9.37. The minimum atomic E-state index is -0.554. The second kappa shape index (κ2) is 12.7. The molecule has 0 aliphatic carbocycles. The first kappa shape index (κ1) is 27.3. The van der Waals surface area contributed by atoms with Crippen LogP contribution >= 0.6 is 12.2 Å². The van der Waals surface area contributed by atoms with E-state index in [9.17, 15) is 19.7 Å². The number of ether oxygens (including phenoxy) is 2. The maximum absolute atomic E-state index is 13.3. The van der Waals surface area contributed by atoms with E-state index >= 15 is 0 Å². The maximum Gasteiger partial charge on any atom is 0.338 e. The lowest BCUT2D eigenvalue weighted by molar-refractivity contribution is -0.384. The summed E-state index contributed by atoms with van der Waals surface area (Å²) < 4.78 is 10.6. The van der Waals surface area contributed by atoms with Crippen LogP contribution in [0.4, 0.5) is 22.7 Å². The first-order valence-electron chi connectivity index (χ1n) is 12.7. The number of nitro groups is 1. The van der Waals surface area contributed by atoms with Crippen molar-refractivity contribution in [2.45, 2.75) is 26.2 Å². The van der Waals surface area contributed by atoms with Gasteiger partial charge < -0.3 is 24.6 Å². The molecule has 2 aliphatic rings. The molecular formula is C26H31N5O6S. The molecule has 0 radical (unpaired) electrons. The Morgan fingerprint density at radius 3 is 2.39 bits per heavy atom. The molecule has 1 amide bonds. The molecule has 0 saturated carbocycles. The fourth-order valence-electron chi connectivity index (χ4n) is 4.61. The highest BCUT2D eigenvalue weighted by Crippen LogP contribution is 2.30. The SMILES string of the molecule is CCOC(=O)c1ccc(N2CCOCC2)c(NC(=S)NC(=O)c2cc([N+](=O)[O-])ccc2N2CCCCC2)c1. The Hall–Kier alpha value is -3.77. The number of nitrogens with one attached hydrogen (secondary N) is 2. The summed E-state index contributed by atoms with van der Waals surface area (Å²) >= 11 is 5.47. The highest BCUT2D eigenvalue weighted by atomic mass is 32.1. The molecule has 0 spiro atoms. The second-order valence-electron chi connectivity index (χ2n) is 8.97. The van der Waals surface area contributed by atoms with E-state index in [0.717, 1.165) is 38.0 Å². The molecule has 38 heavy (non-hydrogen) atoms. The number of nitro benzene ring substituents is 1. The summed E-state index contributed by atoms with van der Waals surface area (Å²) in [5.74, 6) is -1.02. The van der Waals surface area contributed by atoms with Crippen LogP contribution in [0.3, 0.4) is 0 Å². The minimum absolute atomic E-state index is 0.00150. The van der Waals surface area contributed by atoms with Crippen LogP contribution in [0.25, 0.3) is 0 Å². The van der Waals surface area contributed by atoms with Crippen molar-refractivity contribution in [2.75, 3.05) is 61.1 Å². The van der Waals surface area contributed by atoms with E-state index in [1.807, 2.05) is 0 Å². The molecule has 0 aromatic heterocycles. The van der Waals surface area contributed by atoms with Crippen LogP contribution in [-0.4, -0.2) is 67.9 Å². The molecule has 2 heterocycles. The highest BCUT2D eigenvalue weighted by Gasteiger charge is 2.23. The van der Waals surface area contributed by atoms with E-state index in [4.69, 9.17) is 21.7 Å². The third-order valence-electron chi connectivity index (χ3n) is 6.47. The maximum atomic E-state index is 13.3. The van der Waals surface area contributed by atoms with Gasteiger partial charge in [-0.2, -0.15) is 0 Å². The van der Waals surface area contributed by atoms with Gasteiger partial charge in [0.1, 0.15) is 0 Å². The number of carbonyl (C=O) groups is 2. The van der Waals surface area contributed by atoms with Gasteiger partial charge in [-0.25, -0.2) is 4.79 Å². The summed E-state index contributed by atoms with van der Waals surface area (Å²) in [5, 5.41) is 17.1. The van der Waals surface area contributed by atoms with Crippen LogP contribution in [-0.2, 0) is 9.47 Å². The standard InChI is InChI=1S/C26H31N5O6S/c1-2-37-25(33)18-6-8-23(30-12-14-36-15-13-30)21(16-18)27-26(38)28-24(32)20-17-19(31(34)35)7-9-22(20)29-10-4-3-5-11-29/h6-9,16-17H,2-5,10-15H2,1H3,(H2,27,28,32,38). The number of thiocarbonyl (C=S) groups is 1. The smallest absolute Gasteiger partial charge is 0.338 e. The number of non-ortho nitro benzene ring substituents is 1. The van der Waals surface area contributed by atoms with E-state index in [0.29, 0.717) is 43.2 Å². The number of hydrogen-bond donors (Lipinski definition) is 2. The summed E-state index contributed by atoms with van der Waals surface area (Å²) in [6.07, 6.45) is 3.08. The summed E-state index contributed by atoms with van der Waals surface area (Å²) in [5.41, 5.74) is 2.30. The highest BCUT2D eigenvalue weighted by molar-refractivity contribution is 7.80. The van der Waals surface area contributed by atoms with Crippen LogP contribution in [0, 0.1) is 10.1 Å². The zero-order valence-corrected chi connectivity index (χ0v) is 22.1. The molecule has 2 aliphatic heterocycles. The lowest BCUT2D eigenvalue weighted by atomic mass is 10.1. The predicted octanol–water partition coefficient (Wildman–Crippen LogP) is 3.73. The molecule has 2 fully saturated rings. The van der Waals surface area contributed by atoms with Crippen molar-refractivity contribution in [1.29, 1.82) is 0 Å². The van der Waals surface area contributed by atoms with E-state index in [1.54, 1.807) is 31.2 Å². The fraction of sp³-hybridized carbons (Fsp3) is 0.423. The van der Waals surface area contributed by atoms with Gasteiger partial charge in [-0.05, 0) is 62.7 Å². The number of rotatable bonds is 7. The number of morpholine rings is 1. The molecule has 0 bridgehead atoms. The number of carbonyl (C=O) groups excluding carboxylic acids is 2. The van der Waals surface area contributed by atoms with Crippen LogP contribution in [0.2, 0.25) is 0 Å². The average Bonchev–Trinajstić information content (AvgIpc) is 2.93. The Labute approximate surface area is 226 Å². The van der Waals surface area contributed by atoms with Crippen molar-refractivity contribution in [3.8, 4) is 0 Å². The van der Waals surface area contributed by atoms with E-state index < -0.39 is 16.8 Å². The third-order valence-corrected chi connectivity index (χ3v) is 6.67. The number of anilines is 3. The van der Waals surface area contributed by atoms with Gasteiger partial charge in [0.2, 0.25) is 0 Å². The number of esters is 1. The summed E-state index contributed by atoms with van der Waals surface area (Å²) in [7, 11) is 0. The number of amides is 1. The topological polar surface area (TPSA) is 126 Å². The average molecular weight is 542 g/mol. The van der Waals surface area contributed by atoms with Gasteiger partial charge >= 0.3 is 5.97 Å². The number of hydrogen-bond acceptors (Lipinski definition) is 9. The Balaban J connectivity index is 1.58. The molecule has 12 heteroatoms. The van der Waals surface area contributed by atoms with Crippen LogP contribution in [0.15, 0.2) is 36.4 Å². The molecule has 2 saturated heterocycles. The van der Waals surface area contributed by atoms with Gasteiger partial charge in [-0.15, -0.1) is 0 Å². The molecule has 2 aromatic carbocycles. The zero-order chi connectivity index (χ0) is 27.1. The summed E-state index contributed by atoms with van der Waals surface area (Å²) in [4.78, 5) is 40.8. The Morgan fingerprint density at radius 1 is 1.03 bits per heavy atom. The van der Waals surface area contributed by atoms with Gasteiger partial charge in [0.05, 0.1) is 52.9 Å². The summed E-state index contributed by atoms with van der Waals surface area (Å²) in [6.45, 7) is 5.94. The number of benzene rings is 2. The molecule has 4 rings (SSSR count). The molecule has 0 atom stereocenters. The largest absolute Gasteiger partial charge is 0.462 e. The number of piperidine rings is 1. The number of nitrogens with zero attached hydrogens (tertiary/aromatic N) is 3. The molecule has 11 nitrogen and oxygen atoms in total. The quantitative estimate of drug-likeness (QED) is 0.232. The van der Waals surface area contributed by atoms with Crippen LogP contribution in [0.1, 0.15) is 46.9 Å². The molecule has 2 aromatic rings. The fourth-order valence-corrected chi connectivity index (χ4v) is 4.81. The van der Waals surface area contributed by atoms with E-state index in [2.05, 4.69) is 20.4 Å². The van der Waals surface area contributed by atoms with Gasteiger partial charge in [0, 0.05) is 38.3 Å². The summed E-state index contributed by atoms with van der Waals surface area (Å²) in [6, 6.07) is 9.43. The third kappa shape index (κ3) is 6.56. The zero-order valence-electron chi connectivity index (χ0n) is 21.2. The van der Waals surface area contributed by atoms with Crippen molar-refractivity contribution in [3.05, 3.63) is 57.6 Å². The molecule has 0 unspecified atom stereocenters. The van der Waals surface area contributed by atoms with Crippen LogP contribution < -0.4 is 20.4 Å². The van der Waals surface area contributed by atoms with Crippen LogP contribution in [0.5, 0.6) is 0 Å². The predicted molar refractivity (Wildman–Crippen MR) is 148 cm³/mol. The van der Waals surface area contributed by atoms with Crippen molar-refractivity contribution >= 4 is 52.0 Å². The lowest BCUT2D eigenvalue weighted by Crippen LogP contribution is -2.39. The van der Waals surface area contributed by atoms with E-state index in [1.165, 1.54) is 12.1 Å². The molecular weight excluding hydrogens is 510 g/mol. The molecule has 202 valence electrons. The van der Waals surface area contributed by atoms with Gasteiger partial charge in [-0.3, -0.25) is 20.2 Å². The first-order chi connectivity index (χ1) is 18.4. The van der Waals surface area contributed by atoms with Crippen molar-refractivity contribution in [3.63, 3.8) is 0 Å². The van der Waals surface area contributed by atoms with Crippen molar-refractivity contribution < 1.29 is 24.0 Å². The minimum Gasteiger partial charge on any atom is -0.462 e. The Kier molecular flexibility index (Phi) is 9.08. The van der Waals surface area contributed by atoms with Crippen molar-refractivity contribution in [2.24, 2.45) is 0 Å². The first-order valence-corrected chi connectivity index (χ1v) is 13.1.